The van der Waals surface area contributed by atoms with Crippen molar-refractivity contribution < 1.29 is 14.6 Å². The molecule has 0 aromatic heterocycles. The van der Waals surface area contributed by atoms with Gasteiger partial charge in [-0.25, -0.2) is 0 Å². The maximum Gasteiger partial charge on any atom is 0.0900 e. The molecule has 1 aromatic rings. The fourth-order valence-corrected chi connectivity index (χ4v) is 2.85. The summed E-state index contributed by atoms with van der Waals surface area (Å²) in [5.41, 5.74) is 1.15. The molecule has 4 nitrogen and oxygen atoms in total. The molecule has 2 atom stereocenters. The summed E-state index contributed by atoms with van der Waals surface area (Å²) in [5, 5.41) is 10.9. The van der Waals surface area contributed by atoms with Gasteiger partial charge >= 0.3 is 0 Å². The van der Waals surface area contributed by atoms with E-state index in [1.54, 1.807) is 0 Å². The number of rotatable bonds is 7. The Bertz CT molecular complexity index is 451. The van der Waals surface area contributed by atoms with E-state index in [1.165, 1.54) is 0 Å². The Morgan fingerprint density at radius 3 is 2.82 bits per heavy atom. The highest BCUT2D eigenvalue weighted by Crippen LogP contribution is 2.22. The first-order valence-corrected chi connectivity index (χ1v) is 8.27. The number of nitrogens with zero attached hydrogens (tertiary/aromatic N) is 1. The summed E-state index contributed by atoms with van der Waals surface area (Å²) in [6.07, 6.45) is 1.57. The van der Waals surface area contributed by atoms with Crippen molar-refractivity contribution in [3.05, 3.63) is 34.9 Å². The highest BCUT2D eigenvalue weighted by molar-refractivity contribution is 6.30. The van der Waals surface area contributed by atoms with Gasteiger partial charge in [0.1, 0.15) is 0 Å². The predicted octanol–water partition coefficient (Wildman–Crippen LogP) is 2.89. The zero-order chi connectivity index (χ0) is 15.9. The summed E-state index contributed by atoms with van der Waals surface area (Å²) in [6, 6.07) is 8.03. The molecule has 1 fully saturated rings. The van der Waals surface area contributed by atoms with Crippen LogP contribution in [-0.2, 0) is 9.47 Å². The Kier molecular flexibility index (Phi) is 7.12. The number of aliphatic hydroxyl groups is 1. The van der Waals surface area contributed by atoms with Gasteiger partial charge in [-0.2, -0.15) is 0 Å². The number of aliphatic hydroxyl groups excluding tert-OH is 1. The summed E-state index contributed by atoms with van der Waals surface area (Å²) in [7, 11) is 2.00. The minimum Gasteiger partial charge on any atom is -0.389 e. The summed E-state index contributed by atoms with van der Waals surface area (Å²) in [5.74, 6) is 0. The fourth-order valence-electron chi connectivity index (χ4n) is 2.65. The fraction of sp³-hybridized carbons (Fsp3) is 0.647. The normalized spacial score (nSPS) is 19.3. The van der Waals surface area contributed by atoms with E-state index < -0.39 is 6.10 Å². The van der Waals surface area contributed by atoms with Crippen LogP contribution in [0.5, 0.6) is 0 Å². The van der Waals surface area contributed by atoms with Crippen LogP contribution in [0.3, 0.4) is 0 Å². The minimum atomic E-state index is -0.491. The second-order valence-corrected chi connectivity index (χ2v) is 6.41. The van der Waals surface area contributed by atoms with Crippen molar-refractivity contribution in [2.24, 2.45) is 0 Å². The Morgan fingerprint density at radius 2 is 2.14 bits per heavy atom. The van der Waals surface area contributed by atoms with Crippen molar-refractivity contribution in [1.29, 1.82) is 0 Å². The van der Waals surface area contributed by atoms with E-state index in [0.29, 0.717) is 13.2 Å². The molecule has 2 rings (SSSR count). The van der Waals surface area contributed by atoms with E-state index in [4.69, 9.17) is 21.1 Å². The molecule has 1 saturated heterocycles. The zero-order valence-electron chi connectivity index (χ0n) is 13.4. The Labute approximate surface area is 138 Å². The second-order valence-electron chi connectivity index (χ2n) is 5.97. The first-order chi connectivity index (χ1) is 10.6. The molecule has 1 heterocycles. The zero-order valence-corrected chi connectivity index (χ0v) is 14.1. The summed E-state index contributed by atoms with van der Waals surface area (Å²) >= 11 is 6.04. The first-order valence-electron chi connectivity index (χ1n) is 7.89. The molecule has 5 heteroatoms. The van der Waals surface area contributed by atoms with Gasteiger partial charge < -0.3 is 14.6 Å². The minimum absolute atomic E-state index is 0.191. The van der Waals surface area contributed by atoms with E-state index >= 15 is 0 Å². The molecule has 1 aliphatic rings. The van der Waals surface area contributed by atoms with E-state index in [1.807, 2.05) is 25.2 Å². The van der Waals surface area contributed by atoms with Crippen LogP contribution in [0.1, 0.15) is 31.4 Å². The van der Waals surface area contributed by atoms with Crippen LogP contribution in [-0.4, -0.2) is 55.6 Å². The van der Waals surface area contributed by atoms with Crippen molar-refractivity contribution in [1.82, 2.24) is 4.90 Å². The number of hydrogen-bond donors (Lipinski definition) is 1. The summed E-state index contributed by atoms with van der Waals surface area (Å²) in [4.78, 5) is 2.11. The number of likely N-dealkylation sites (N-methyl/N-ethyl adjacent to an activating group) is 1. The summed E-state index contributed by atoms with van der Waals surface area (Å²) < 4.78 is 11.1. The van der Waals surface area contributed by atoms with Gasteiger partial charge in [-0.05, 0) is 44.5 Å². The van der Waals surface area contributed by atoms with Crippen LogP contribution in [0.2, 0.25) is 5.02 Å². The van der Waals surface area contributed by atoms with E-state index in [9.17, 15) is 5.11 Å². The number of ether oxygens (including phenoxy) is 2. The molecule has 1 aromatic carbocycles. The standard InChI is InChI=1S/C17H26ClNO3/c1-13(14-4-3-5-15(18)10-14)19(2)11-16(20)12-22-17-6-8-21-9-7-17/h3-5,10,13,16-17,20H,6-9,11-12H2,1-2H3. The summed E-state index contributed by atoms with van der Waals surface area (Å²) in [6.45, 7) is 4.56. The smallest absolute Gasteiger partial charge is 0.0900 e. The Morgan fingerprint density at radius 1 is 1.41 bits per heavy atom. The van der Waals surface area contributed by atoms with Gasteiger partial charge in [0, 0.05) is 30.8 Å². The number of hydrogen-bond acceptors (Lipinski definition) is 4. The van der Waals surface area contributed by atoms with Crippen molar-refractivity contribution in [2.75, 3.05) is 33.4 Å². The highest BCUT2D eigenvalue weighted by Gasteiger charge is 2.19. The van der Waals surface area contributed by atoms with Crippen LogP contribution >= 0.6 is 11.6 Å². The third-order valence-corrected chi connectivity index (χ3v) is 4.42. The van der Waals surface area contributed by atoms with E-state index in [-0.39, 0.29) is 12.1 Å². The number of benzene rings is 1. The third-order valence-electron chi connectivity index (χ3n) is 4.18. The monoisotopic (exact) mass is 327 g/mol. The predicted molar refractivity (Wildman–Crippen MR) is 88.3 cm³/mol. The molecule has 124 valence electrons. The SMILES string of the molecule is CC(c1cccc(Cl)c1)N(C)CC(O)COC1CCOCC1. The van der Waals surface area contributed by atoms with E-state index in [2.05, 4.69) is 17.9 Å². The lowest BCUT2D eigenvalue weighted by Crippen LogP contribution is -2.35. The Hall–Kier alpha value is -0.650. The van der Waals surface area contributed by atoms with Gasteiger partial charge in [0.15, 0.2) is 0 Å². The van der Waals surface area contributed by atoms with Gasteiger partial charge in [0.25, 0.3) is 0 Å². The van der Waals surface area contributed by atoms with Crippen LogP contribution in [0, 0.1) is 0 Å². The average Bonchev–Trinajstić information content (AvgIpc) is 2.53. The molecule has 0 radical (unpaired) electrons. The van der Waals surface area contributed by atoms with Gasteiger partial charge in [0.2, 0.25) is 0 Å². The average molecular weight is 328 g/mol. The molecular formula is C17H26ClNO3. The first kappa shape index (κ1) is 17.7. The molecule has 0 bridgehead atoms. The van der Waals surface area contributed by atoms with Crippen LogP contribution in [0.25, 0.3) is 0 Å². The van der Waals surface area contributed by atoms with E-state index in [0.717, 1.165) is 36.6 Å². The third kappa shape index (κ3) is 5.52. The largest absolute Gasteiger partial charge is 0.389 e. The molecule has 0 amide bonds. The van der Waals surface area contributed by atoms with Crippen LogP contribution in [0.15, 0.2) is 24.3 Å². The lowest BCUT2D eigenvalue weighted by molar-refractivity contribution is -0.0644. The van der Waals surface area contributed by atoms with Crippen molar-refractivity contribution >= 4 is 11.6 Å². The van der Waals surface area contributed by atoms with Crippen molar-refractivity contribution in [3.8, 4) is 0 Å². The molecule has 1 N–H and O–H groups in total. The van der Waals surface area contributed by atoms with Crippen LogP contribution < -0.4 is 0 Å². The molecule has 0 saturated carbocycles. The molecule has 2 unspecified atom stereocenters. The maximum absolute atomic E-state index is 10.2. The van der Waals surface area contributed by atoms with Crippen molar-refractivity contribution in [2.45, 2.75) is 38.0 Å². The highest BCUT2D eigenvalue weighted by atomic mass is 35.5. The second kappa shape index (κ2) is 8.85. The molecule has 0 spiro atoms. The molecule has 1 aliphatic heterocycles. The maximum atomic E-state index is 10.2. The van der Waals surface area contributed by atoms with Gasteiger partial charge in [-0.15, -0.1) is 0 Å². The molecular weight excluding hydrogens is 302 g/mol. The topological polar surface area (TPSA) is 41.9 Å². The molecule has 0 aliphatic carbocycles. The van der Waals surface area contributed by atoms with Gasteiger partial charge in [0.05, 0.1) is 18.8 Å². The lowest BCUT2D eigenvalue weighted by atomic mass is 10.1. The lowest BCUT2D eigenvalue weighted by Gasteiger charge is -2.29. The Balaban J connectivity index is 1.76. The van der Waals surface area contributed by atoms with Crippen molar-refractivity contribution in [3.63, 3.8) is 0 Å². The van der Waals surface area contributed by atoms with Crippen LogP contribution in [0.4, 0.5) is 0 Å². The number of halogens is 1. The van der Waals surface area contributed by atoms with Gasteiger partial charge in [-0.3, -0.25) is 4.90 Å². The quantitative estimate of drug-likeness (QED) is 0.836. The molecule has 22 heavy (non-hydrogen) atoms. The van der Waals surface area contributed by atoms with Gasteiger partial charge in [-0.1, -0.05) is 23.7 Å².